The number of allylic oxidation sites excluding steroid dienone is 2. The third-order valence-corrected chi connectivity index (χ3v) is 5.42. The van der Waals surface area contributed by atoms with Gasteiger partial charge in [0.1, 0.15) is 11.2 Å². The van der Waals surface area contributed by atoms with Crippen molar-refractivity contribution in [2.45, 2.75) is 25.7 Å². The maximum absolute atomic E-state index is 13.0. The van der Waals surface area contributed by atoms with Crippen molar-refractivity contribution in [1.82, 2.24) is 10.2 Å². The molecule has 132 valence electrons. The monoisotopic (exact) mass is 356 g/mol. The summed E-state index contributed by atoms with van der Waals surface area (Å²) >= 11 is 0. The fraction of sp³-hybridized carbons (Fsp3) is 0.182. The van der Waals surface area contributed by atoms with Gasteiger partial charge in [0.15, 0.2) is 11.6 Å². The molecule has 2 aliphatic carbocycles. The average Bonchev–Trinajstić information content (AvgIpc) is 3.16. The van der Waals surface area contributed by atoms with Crippen LogP contribution in [0.5, 0.6) is 0 Å². The van der Waals surface area contributed by atoms with E-state index in [2.05, 4.69) is 10.2 Å². The number of aromatic amines is 1. The minimum atomic E-state index is -0.229. The van der Waals surface area contributed by atoms with E-state index in [4.69, 9.17) is 0 Å². The third-order valence-electron chi connectivity index (χ3n) is 5.42. The van der Waals surface area contributed by atoms with Crippen LogP contribution in [-0.4, -0.2) is 27.5 Å². The number of benzene rings is 2. The Morgan fingerprint density at radius 3 is 2.44 bits per heavy atom. The molecule has 0 saturated heterocycles. The van der Waals surface area contributed by atoms with E-state index in [1.165, 1.54) is 0 Å². The van der Waals surface area contributed by atoms with Crippen molar-refractivity contribution in [3.8, 4) is 0 Å². The highest BCUT2D eigenvalue weighted by Gasteiger charge is 2.33. The molecule has 0 fully saturated rings. The van der Waals surface area contributed by atoms with Gasteiger partial charge in [0, 0.05) is 22.1 Å². The Morgan fingerprint density at radius 1 is 0.926 bits per heavy atom. The number of nitrogens with one attached hydrogen (secondary N) is 1. The normalized spacial score (nSPS) is 16.1. The number of hydrogen-bond acceptors (Lipinski definition) is 4. The van der Waals surface area contributed by atoms with Crippen molar-refractivity contribution in [3.05, 3.63) is 76.0 Å². The van der Waals surface area contributed by atoms with E-state index in [0.29, 0.717) is 33.3 Å². The van der Waals surface area contributed by atoms with Crippen LogP contribution in [-0.2, 0) is 0 Å². The molecule has 5 heteroatoms. The van der Waals surface area contributed by atoms with E-state index >= 15 is 0 Å². The maximum Gasteiger partial charge on any atom is 0.207 e. The molecule has 0 radical (unpaired) electrons. The van der Waals surface area contributed by atoms with Crippen LogP contribution >= 0.6 is 0 Å². The van der Waals surface area contributed by atoms with E-state index in [0.717, 1.165) is 31.3 Å². The lowest BCUT2D eigenvalue weighted by Gasteiger charge is -2.17. The molecule has 0 bridgehead atoms. The third kappa shape index (κ3) is 2.24. The van der Waals surface area contributed by atoms with Crippen LogP contribution in [0.2, 0.25) is 0 Å². The van der Waals surface area contributed by atoms with Crippen LogP contribution in [0.4, 0.5) is 0 Å². The molecule has 2 aliphatic rings. The largest absolute Gasteiger partial charge is 0.289 e. The molecule has 0 saturated carbocycles. The molecule has 2 aromatic carbocycles. The molecule has 1 N–H and O–H groups in total. The lowest BCUT2D eigenvalue weighted by molar-refractivity contribution is 0.0980. The summed E-state index contributed by atoms with van der Waals surface area (Å²) < 4.78 is 0. The van der Waals surface area contributed by atoms with Crippen molar-refractivity contribution in [3.63, 3.8) is 0 Å². The molecule has 0 spiro atoms. The van der Waals surface area contributed by atoms with Crippen molar-refractivity contribution >= 4 is 28.3 Å². The number of nitrogens with zero attached hydrogens (tertiary/aromatic N) is 1. The van der Waals surface area contributed by atoms with Gasteiger partial charge < -0.3 is 0 Å². The van der Waals surface area contributed by atoms with Crippen LogP contribution < -0.4 is 0 Å². The highest BCUT2D eigenvalue weighted by atomic mass is 16.1. The Kier molecular flexibility index (Phi) is 3.44. The molecule has 5 rings (SSSR count). The molecule has 0 amide bonds. The molecule has 3 aromatic rings. The van der Waals surface area contributed by atoms with Crippen molar-refractivity contribution in [2.24, 2.45) is 0 Å². The summed E-state index contributed by atoms with van der Waals surface area (Å²) in [7, 11) is 0. The number of carbonyl (C=O) groups is 3. The van der Waals surface area contributed by atoms with Gasteiger partial charge in [-0.05, 0) is 43.4 Å². The summed E-state index contributed by atoms with van der Waals surface area (Å²) in [4.78, 5) is 38.8. The second-order valence-corrected chi connectivity index (χ2v) is 6.99. The Morgan fingerprint density at radius 2 is 1.70 bits per heavy atom. The van der Waals surface area contributed by atoms with Gasteiger partial charge in [-0.3, -0.25) is 19.5 Å². The zero-order valence-electron chi connectivity index (χ0n) is 14.5. The zero-order chi connectivity index (χ0) is 18.5. The fourth-order valence-corrected chi connectivity index (χ4v) is 4.04. The molecule has 1 heterocycles. The number of rotatable bonds is 2. The first kappa shape index (κ1) is 15.9. The highest BCUT2D eigenvalue weighted by molar-refractivity contribution is 6.32. The van der Waals surface area contributed by atoms with Crippen molar-refractivity contribution < 1.29 is 14.4 Å². The summed E-state index contributed by atoms with van der Waals surface area (Å²) in [6, 6.07) is 10.2. The van der Waals surface area contributed by atoms with E-state index in [1.54, 1.807) is 36.4 Å². The summed E-state index contributed by atoms with van der Waals surface area (Å²) in [5.74, 6) is -0.492. The first-order valence-corrected chi connectivity index (χ1v) is 9.10. The summed E-state index contributed by atoms with van der Waals surface area (Å²) in [5, 5.41) is 7.66. The minimum Gasteiger partial charge on any atom is -0.289 e. The quantitative estimate of drug-likeness (QED) is 0.550. The summed E-state index contributed by atoms with van der Waals surface area (Å²) in [5.41, 5.74) is 2.98. The van der Waals surface area contributed by atoms with Gasteiger partial charge >= 0.3 is 0 Å². The van der Waals surface area contributed by atoms with Gasteiger partial charge in [-0.1, -0.05) is 30.3 Å². The topological polar surface area (TPSA) is 79.9 Å². The first-order chi connectivity index (χ1) is 13.2. The Labute approximate surface area is 155 Å². The lowest BCUT2D eigenvalue weighted by Crippen LogP contribution is -2.21. The summed E-state index contributed by atoms with van der Waals surface area (Å²) in [6.45, 7) is 0. The molecule has 0 aliphatic heterocycles. The van der Waals surface area contributed by atoms with Crippen LogP contribution in [0.1, 0.15) is 68.0 Å². The number of fused-ring (bicyclic) bond motifs is 4. The van der Waals surface area contributed by atoms with Crippen LogP contribution in [0.15, 0.2) is 48.0 Å². The van der Waals surface area contributed by atoms with Gasteiger partial charge in [-0.25, -0.2) is 0 Å². The van der Waals surface area contributed by atoms with Gasteiger partial charge in [-0.2, -0.15) is 5.10 Å². The van der Waals surface area contributed by atoms with E-state index in [9.17, 15) is 14.4 Å². The Bertz CT molecular complexity index is 1180. The molecule has 1 aromatic heterocycles. The van der Waals surface area contributed by atoms with Crippen molar-refractivity contribution in [1.29, 1.82) is 0 Å². The van der Waals surface area contributed by atoms with Crippen LogP contribution in [0, 0.1) is 0 Å². The number of hydrogen-bond donors (Lipinski definition) is 1. The Hall–Kier alpha value is -3.34. The smallest absolute Gasteiger partial charge is 0.207 e. The lowest BCUT2D eigenvalue weighted by atomic mass is 9.83. The first-order valence-electron chi connectivity index (χ1n) is 9.10. The van der Waals surface area contributed by atoms with Gasteiger partial charge in [-0.15, -0.1) is 0 Å². The zero-order valence-corrected chi connectivity index (χ0v) is 14.5. The maximum atomic E-state index is 13.0. The number of ketones is 3. The van der Waals surface area contributed by atoms with E-state index in [1.807, 2.05) is 6.08 Å². The van der Waals surface area contributed by atoms with Gasteiger partial charge in [0.2, 0.25) is 5.78 Å². The number of Topliss-reactive ketones (excluding diaryl/α,β-unsaturated/α-hetero) is 1. The minimum absolute atomic E-state index is 0.0767. The Balaban J connectivity index is 1.69. The molecular weight excluding hydrogens is 340 g/mol. The molecule has 27 heavy (non-hydrogen) atoms. The van der Waals surface area contributed by atoms with Gasteiger partial charge in [0.25, 0.3) is 0 Å². The van der Waals surface area contributed by atoms with Gasteiger partial charge in [0.05, 0.1) is 5.56 Å². The number of H-pyrrole nitrogens is 1. The second-order valence-electron chi connectivity index (χ2n) is 6.99. The summed E-state index contributed by atoms with van der Waals surface area (Å²) in [6.07, 6.45) is 5.76. The number of aromatic nitrogens is 2. The average molecular weight is 356 g/mol. The van der Waals surface area contributed by atoms with Crippen LogP contribution in [0.3, 0.4) is 0 Å². The second kappa shape index (κ2) is 5.84. The van der Waals surface area contributed by atoms with E-state index in [-0.39, 0.29) is 22.9 Å². The van der Waals surface area contributed by atoms with Crippen molar-refractivity contribution in [2.75, 3.05) is 0 Å². The standard InChI is InChI=1S/C22H16N2O3/c25-20(12-6-2-1-3-7-12)19-16-11-10-15-17(18(16)23-24-19)22(27)14-9-5-4-8-13(14)21(15)26/h4-6,8-11H,1-3,7H2,(H,23,24). The highest BCUT2D eigenvalue weighted by Crippen LogP contribution is 2.33. The predicted octanol–water partition coefficient (Wildman–Crippen LogP) is 4.02. The van der Waals surface area contributed by atoms with Crippen LogP contribution in [0.25, 0.3) is 10.9 Å². The molecule has 0 unspecified atom stereocenters. The SMILES string of the molecule is O=C1c2ccccc2C(=O)c2c1ccc1c(C(=O)C3=CCCCC3)[nH]nc21. The fourth-order valence-electron chi connectivity index (χ4n) is 4.04. The van der Waals surface area contributed by atoms with E-state index < -0.39 is 0 Å². The number of carbonyl (C=O) groups excluding carboxylic acids is 3. The molecule has 0 atom stereocenters. The predicted molar refractivity (Wildman–Crippen MR) is 100 cm³/mol. The molecular formula is C22H16N2O3. The molecule has 5 nitrogen and oxygen atoms in total.